The Morgan fingerprint density at radius 3 is 2.70 bits per heavy atom. The summed E-state index contributed by atoms with van der Waals surface area (Å²) in [5, 5.41) is 12.9. The van der Waals surface area contributed by atoms with Crippen molar-refractivity contribution in [2.24, 2.45) is 0 Å². The maximum Gasteiger partial charge on any atom is 0.410 e. The van der Waals surface area contributed by atoms with Crippen molar-refractivity contribution in [3.05, 3.63) is 76.0 Å². The Morgan fingerprint density at radius 2 is 1.91 bits per heavy atom. The Hall–Kier alpha value is -3.49. The fourth-order valence-electron chi connectivity index (χ4n) is 3.53. The Labute approximate surface area is 198 Å². The van der Waals surface area contributed by atoms with Gasteiger partial charge in [-0.15, -0.1) is 0 Å². The Morgan fingerprint density at radius 1 is 1.12 bits per heavy atom. The maximum absolute atomic E-state index is 13.0. The molecule has 2 amide bonds. The Kier molecular flexibility index (Phi) is 6.57. The molecule has 0 saturated carbocycles. The molecular formula is C23H18Cl2N2O6. The molecule has 33 heavy (non-hydrogen) atoms. The molecule has 3 aromatic rings. The van der Waals surface area contributed by atoms with Gasteiger partial charge in [0, 0.05) is 17.0 Å². The van der Waals surface area contributed by atoms with E-state index >= 15 is 0 Å². The first-order valence-electron chi connectivity index (χ1n) is 9.94. The summed E-state index contributed by atoms with van der Waals surface area (Å²) in [5.41, 5.74) is 0.686. The van der Waals surface area contributed by atoms with Crippen molar-refractivity contribution in [2.75, 3.05) is 11.9 Å². The number of furan rings is 1. The standard InChI is InChI=1S/C23H18Cl2N2O6/c24-13-5-7-17(25)16(11-13)20-8-6-14(33-20)12-27-19(9-10-32-23(27)31)21(28)26-18-4-2-1-3-15(18)22(29)30/h1-8,11,19H,9-10,12H2,(H,26,28)(H,29,30)/t19-/m0/s1. The van der Waals surface area contributed by atoms with E-state index in [1.165, 1.54) is 17.0 Å². The molecule has 170 valence electrons. The van der Waals surface area contributed by atoms with Crippen LogP contribution >= 0.6 is 23.2 Å². The molecule has 2 aromatic carbocycles. The van der Waals surface area contributed by atoms with Crippen LogP contribution in [-0.2, 0) is 16.1 Å². The third-order valence-corrected chi connectivity index (χ3v) is 5.69. The summed E-state index contributed by atoms with van der Waals surface area (Å²) in [6.45, 7) is 0.0329. The van der Waals surface area contributed by atoms with Crippen molar-refractivity contribution in [3.63, 3.8) is 0 Å². The zero-order valence-electron chi connectivity index (χ0n) is 17.1. The number of carbonyl (C=O) groups is 3. The summed E-state index contributed by atoms with van der Waals surface area (Å²) < 4.78 is 11.0. The van der Waals surface area contributed by atoms with Gasteiger partial charge in [0.2, 0.25) is 5.91 Å². The fourth-order valence-corrected chi connectivity index (χ4v) is 3.91. The topological polar surface area (TPSA) is 109 Å². The number of hydrogen-bond donors (Lipinski definition) is 2. The number of amides is 2. The van der Waals surface area contributed by atoms with Gasteiger partial charge >= 0.3 is 12.1 Å². The second-order valence-electron chi connectivity index (χ2n) is 7.28. The minimum Gasteiger partial charge on any atom is -0.478 e. The summed E-state index contributed by atoms with van der Waals surface area (Å²) in [7, 11) is 0. The molecule has 1 saturated heterocycles. The van der Waals surface area contributed by atoms with Crippen molar-refractivity contribution in [2.45, 2.75) is 19.0 Å². The van der Waals surface area contributed by atoms with Gasteiger partial charge in [0.15, 0.2) is 0 Å². The van der Waals surface area contributed by atoms with Crippen molar-refractivity contribution in [1.82, 2.24) is 4.90 Å². The third kappa shape index (κ3) is 4.97. The van der Waals surface area contributed by atoms with Crippen LogP contribution in [0.2, 0.25) is 10.0 Å². The summed E-state index contributed by atoms with van der Waals surface area (Å²) >= 11 is 12.3. The van der Waals surface area contributed by atoms with Gasteiger partial charge in [0.05, 0.1) is 29.4 Å². The minimum atomic E-state index is -1.17. The highest BCUT2D eigenvalue weighted by molar-refractivity contribution is 6.35. The van der Waals surface area contributed by atoms with Crippen LogP contribution in [0, 0.1) is 0 Å². The van der Waals surface area contributed by atoms with Gasteiger partial charge in [-0.05, 0) is 42.5 Å². The number of rotatable bonds is 6. The summed E-state index contributed by atoms with van der Waals surface area (Å²) in [4.78, 5) is 38.1. The average Bonchev–Trinajstić information content (AvgIpc) is 3.25. The monoisotopic (exact) mass is 488 g/mol. The third-order valence-electron chi connectivity index (χ3n) is 5.13. The van der Waals surface area contributed by atoms with Gasteiger partial charge in [-0.3, -0.25) is 9.69 Å². The molecule has 2 N–H and O–H groups in total. The zero-order valence-corrected chi connectivity index (χ0v) is 18.6. The van der Waals surface area contributed by atoms with Crippen molar-refractivity contribution in [3.8, 4) is 11.3 Å². The highest BCUT2D eigenvalue weighted by Gasteiger charge is 2.36. The molecule has 1 fully saturated rings. The van der Waals surface area contributed by atoms with E-state index < -0.39 is 24.0 Å². The molecule has 0 spiro atoms. The summed E-state index contributed by atoms with van der Waals surface area (Å²) in [5.74, 6) is -0.832. The van der Waals surface area contributed by atoms with Gasteiger partial charge in [0.1, 0.15) is 17.6 Å². The molecule has 1 aliphatic rings. The van der Waals surface area contributed by atoms with E-state index in [4.69, 9.17) is 32.4 Å². The number of carboxylic acid groups (broad SMARTS) is 1. The smallest absolute Gasteiger partial charge is 0.410 e. The first-order chi connectivity index (χ1) is 15.8. The number of carboxylic acids is 1. The first-order valence-corrected chi connectivity index (χ1v) is 10.7. The number of aromatic carboxylic acids is 1. The normalized spacial score (nSPS) is 15.8. The SMILES string of the molecule is O=C(O)c1ccccc1NC(=O)[C@@H]1CCOC(=O)N1Cc1ccc(-c2cc(Cl)ccc2Cl)o1. The fraction of sp³-hybridized carbons (Fsp3) is 0.174. The van der Waals surface area contributed by atoms with E-state index in [-0.39, 0.29) is 30.8 Å². The lowest BCUT2D eigenvalue weighted by Gasteiger charge is -2.33. The van der Waals surface area contributed by atoms with Gasteiger partial charge < -0.3 is 19.6 Å². The van der Waals surface area contributed by atoms with Crippen molar-refractivity contribution in [1.29, 1.82) is 0 Å². The molecule has 10 heteroatoms. The van der Waals surface area contributed by atoms with Crippen LogP contribution in [0.25, 0.3) is 11.3 Å². The molecule has 4 rings (SSSR count). The van der Waals surface area contributed by atoms with Gasteiger partial charge in [0.25, 0.3) is 0 Å². The van der Waals surface area contributed by atoms with E-state index in [9.17, 15) is 19.5 Å². The summed E-state index contributed by atoms with van der Waals surface area (Å²) in [6.07, 6.45) is -0.438. The Balaban J connectivity index is 1.54. The lowest BCUT2D eigenvalue weighted by molar-refractivity contribution is -0.123. The predicted octanol–water partition coefficient (Wildman–Crippen LogP) is 5.30. The van der Waals surface area contributed by atoms with Crippen LogP contribution in [0.15, 0.2) is 59.0 Å². The predicted molar refractivity (Wildman–Crippen MR) is 121 cm³/mol. The lowest BCUT2D eigenvalue weighted by Crippen LogP contribution is -2.51. The molecule has 0 unspecified atom stereocenters. The molecule has 0 radical (unpaired) electrons. The maximum atomic E-state index is 13.0. The quantitative estimate of drug-likeness (QED) is 0.487. The molecular weight excluding hydrogens is 471 g/mol. The summed E-state index contributed by atoms with van der Waals surface area (Å²) in [6, 6.07) is 13.5. The molecule has 0 aliphatic carbocycles. The highest BCUT2D eigenvalue weighted by atomic mass is 35.5. The number of hydrogen-bond acceptors (Lipinski definition) is 5. The average molecular weight is 489 g/mol. The number of para-hydroxylation sites is 1. The highest BCUT2D eigenvalue weighted by Crippen LogP contribution is 2.32. The molecule has 0 bridgehead atoms. The van der Waals surface area contributed by atoms with E-state index in [1.807, 2.05) is 0 Å². The van der Waals surface area contributed by atoms with Crippen LogP contribution in [0.5, 0.6) is 0 Å². The van der Waals surface area contributed by atoms with Crippen molar-refractivity contribution < 1.29 is 28.6 Å². The number of nitrogens with one attached hydrogen (secondary N) is 1. The van der Waals surface area contributed by atoms with Crippen molar-refractivity contribution >= 4 is 46.9 Å². The van der Waals surface area contributed by atoms with E-state index in [1.54, 1.807) is 42.5 Å². The Bertz CT molecular complexity index is 1230. The molecule has 1 aliphatic heterocycles. The number of ether oxygens (including phenoxy) is 1. The van der Waals surface area contributed by atoms with E-state index in [0.29, 0.717) is 27.1 Å². The largest absolute Gasteiger partial charge is 0.478 e. The number of benzene rings is 2. The van der Waals surface area contributed by atoms with Crippen LogP contribution in [0.3, 0.4) is 0 Å². The molecule has 1 atom stereocenters. The van der Waals surface area contributed by atoms with Crippen LogP contribution in [-0.4, -0.2) is 40.6 Å². The minimum absolute atomic E-state index is 0.0321. The second kappa shape index (κ2) is 9.56. The van der Waals surface area contributed by atoms with E-state index in [2.05, 4.69) is 5.32 Å². The molecule has 1 aromatic heterocycles. The first kappa shape index (κ1) is 22.7. The van der Waals surface area contributed by atoms with Crippen LogP contribution in [0.1, 0.15) is 22.5 Å². The number of anilines is 1. The van der Waals surface area contributed by atoms with Crippen LogP contribution in [0.4, 0.5) is 10.5 Å². The molecule has 2 heterocycles. The van der Waals surface area contributed by atoms with Crippen LogP contribution < -0.4 is 5.32 Å². The van der Waals surface area contributed by atoms with Gasteiger partial charge in [-0.1, -0.05) is 35.3 Å². The van der Waals surface area contributed by atoms with Gasteiger partial charge in [-0.25, -0.2) is 9.59 Å². The van der Waals surface area contributed by atoms with Gasteiger partial charge in [-0.2, -0.15) is 0 Å². The second-order valence-corrected chi connectivity index (χ2v) is 8.12. The lowest BCUT2D eigenvalue weighted by atomic mass is 10.1. The number of nitrogens with zero attached hydrogens (tertiary/aromatic N) is 1. The van der Waals surface area contributed by atoms with E-state index in [0.717, 1.165) is 0 Å². The number of cyclic esters (lactones) is 1. The number of halogens is 2. The number of carbonyl (C=O) groups excluding carboxylic acids is 2. The molecule has 8 nitrogen and oxygen atoms in total. The zero-order chi connectivity index (χ0) is 23.5.